The fraction of sp³-hybridized carbons (Fsp3) is 0.684. The number of ether oxygens (including phenoxy) is 1. The molecule has 1 heterocycles. The summed E-state index contributed by atoms with van der Waals surface area (Å²) >= 11 is 0. The van der Waals surface area contributed by atoms with Crippen molar-refractivity contribution in [3.8, 4) is 0 Å². The highest BCUT2D eigenvalue weighted by molar-refractivity contribution is 14.0. The number of nitrogens with zero attached hydrogens (tertiary/aromatic N) is 2. The van der Waals surface area contributed by atoms with Crippen LogP contribution in [0.2, 0.25) is 0 Å². The van der Waals surface area contributed by atoms with E-state index in [1.54, 1.807) is 13.3 Å². The third-order valence-corrected chi connectivity index (χ3v) is 3.88. The Kier molecular flexibility index (Phi) is 13.4. The second-order valence-corrected chi connectivity index (χ2v) is 7.09. The average Bonchev–Trinajstić information content (AvgIpc) is 2.58. The van der Waals surface area contributed by atoms with Crippen LogP contribution in [-0.2, 0) is 4.74 Å². The van der Waals surface area contributed by atoms with Gasteiger partial charge in [-0.25, -0.2) is 4.98 Å². The van der Waals surface area contributed by atoms with Crippen LogP contribution in [-0.4, -0.2) is 50.3 Å². The highest BCUT2D eigenvalue weighted by Gasteiger charge is 2.23. The van der Waals surface area contributed by atoms with E-state index in [1.165, 1.54) is 0 Å². The summed E-state index contributed by atoms with van der Waals surface area (Å²) in [7, 11) is 1.75. The molecule has 0 radical (unpaired) electrons. The number of hydrogen-bond donors (Lipinski definition) is 3. The van der Waals surface area contributed by atoms with Gasteiger partial charge in [0.2, 0.25) is 0 Å². The molecule has 0 fully saturated rings. The normalized spacial score (nSPS) is 12.9. The lowest BCUT2D eigenvalue weighted by Crippen LogP contribution is -2.39. The number of anilines is 1. The van der Waals surface area contributed by atoms with E-state index < -0.39 is 0 Å². The van der Waals surface area contributed by atoms with E-state index in [2.05, 4.69) is 53.6 Å². The van der Waals surface area contributed by atoms with E-state index in [0.29, 0.717) is 6.54 Å². The predicted molar refractivity (Wildman–Crippen MR) is 122 cm³/mol. The summed E-state index contributed by atoms with van der Waals surface area (Å²) in [6, 6.07) is 5.89. The number of rotatable bonds is 10. The van der Waals surface area contributed by atoms with Gasteiger partial charge in [-0.3, -0.25) is 4.99 Å². The number of aliphatic imine (C=N–C) groups is 1. The third kappa shape index (κ3) is 10.8. The van der Waals surface area contributed by atoms with E-state index >= 15 is 0 Å². The Balaban J connectivity index is 0.00000625. The van der Waals surface area contributed by atoms with Crippen LogP contribution in [0.4, 0.5) is 5.82 Å². The molecule has 1 aromatic heterocycles. The molecule has 1 rings (SSSR count). The van der Waals surface area contributed by atoms with Gasteiger partial charge in [0.05, 0.1) is 12.6 Å². The van der Waals surface area contributed by atoms with Crippen molar-refractivity contribution in [2.75, 3.05) is 38.6 Å². The van der Waals surface area contributed by atoms with Gasteiger partial charge in [-0.1, -0.05) is 26.8 Å². The maximum absolute atomic E-state index is 5.57. The highest BCUT2D eigenvalue weighted by Crippen LogP contribution is 2.21. The summed E-state index contributed by atoms with van der Waals surface area (Å²) < 4.78 is 5.57. The van der Waals surface area contributed by atoms with Crippen LogP contribution in [0.25, 0.3) is 0 Å². The molecule has 150 valence electrons. The Morgan fingerprint density at radius 2 is 1.92 bits per heavy atom. The number of aromatic nitrogens is 1. The summed E-state index contributed by atoms with van der Waals surface area (Å²) in [6.45, 7) is 11.9. The molecule has 0 aliphatic rings. The van der Waals surface area contributed by atoms with Crippen LogP contribution in [0.5, 0.6) is 0 Å². The zero-order valence-corrected chi connectivity index (χ0v) is 19.2. The number of hydrogen-bond acceptors (Lipinski definition) is 4. The van der Waals surface area contributed by atoms with Gasteiger partial charge < -0.3 is 20.7 Å². The Bertz CT molecular complexity index is 490. The number of nitrogens with one attached hydrogen (secondary N) is 3. The number of guanidine groups is 1. The topological polar surface area (TPSA) is 70.6 Å². The molecular weight excluding hydrogens is 441 g/mol. The van der Waals surface area contributed by atoms with Crippen LogP contribution >= 0.6 is 24.0 Å². The standard InChI is InChI=1S/C19H35N5O.HI/c1-6-20-18(24-15-16(25-5)19(2,3)4)23-14-10-9-13-22-17-11-7-8-12-21-17;/h7-8,11-12,16H,6,9-10,13-15H2,1-5H3,(H,21,22)(H2,20,23,24);1H. The minimum absolute atomic E-state index is 0. The molecule has 26 heavy (non-hydrogen) atoms. The van der Waals surface area contributed by atoms with Crippen LogP contribution in [0.3, 0.4) is 0 Å². The number of methoxy groups -OCH3 is 1. The summed E-state index contributed by atoms with van der Waals surface area (Å²) in [6.07, 6.45) is 4.04. The summed E-state index contributed by atoms with van der Waals surface area (Å²) in [5, 5.41) is 10.00. The van der Waals surface area contributed by atoms with Crippen molar-refractivity contribution >= 4 is 35.8 Å². The first kappa shape index (κ1) is 24.9. The van der Waals surface area contributed by atoms with E-state index in [1.807, 2.05) is 18.2 Å². The SMILES string of the molecule is CCNC(=NCC(OC)C(C)(C)C)NCCCCNc1ccccn1.I. The molecule has 0 aromatic carbocycles. The monoisotopic (exact) mass is 477 g/mol. The summed E-state index contributed by atoms with van der Waals surface area (Å²) in [5.74, 6) is 1.78. The lowest BCUT2D eigenvalue weighted by atomic mass is 9.89. The van der Waals surface area contributed by atoms with Crippen molar-refractivity contribution in [1.82, 2.24) is 15.6 Å². The maximum atomic E-state index is 5.57. The largest absolute Gasteiger partial charge is 0.379 e. The molecule has 7 heteroatoms. The Hall–Kier alpha value is -1.09. The quantitative estimate of drug-likeness (QED) is 0.208. The highest BCUT2D eigenvalue weighted by atomic mass is 127. The molecule has 0 spiro atoms. The molecular formula is C19H36IN5O. The van der Waals surface area contributed by atoms with Gasteiger partial charge in [0, 0.05) is 32.9 Å². The van der Waals surface area contributed by atoms with Crippen molar-refractivity contribution in [2.45, 2.75) is 46.6 Å². The smallest absolute Gasteiger partial charge is 0.191 e. The molecule has 0 saturated heterocycles. The first-order valence-corrected chi connectivity index (χ1v) is 9.17. The fourth-order valence-electron chi connectivity index (χ4n) is 2.36. The zero-order chi connectivity index (χ0) is 18.5. The predicted octanol–water partition coefficient (Wildman–Crippen LogP) is 3.51. The summed E-state index contributed by atoms with van der Waals surface area (Å²) in [5.41, 5.74) is 0.0761. The van der Waals surface area contributed by atoms with Crippen LogP contribution in [0.15, 0.2) is 29.4 Å². The maximum Gasteiger partial charge on any atom is 0.191 e. The molecule has 1 atom stereocenters. The third-order valence-electron chi connectivity index (χ3n) is 3.88. The first-order chi connectivity index (χ1) is 12.0. The Morgan fingerprint density at radius 1 is 1.19 bits per heavy atom. The van der Waals surface area contributed by atoms with E-state index in [-0.39, 0.29) is 35.5 Å². The van der Waals surface area contributed by atoms with Crippen LogP contribution in [0.1, 0.15) is 40.5 Å². The van der Waals surface area contributed by atoms with Crippen LogP contribution in [0, 0.1) is 5.41 Å². The van der Waals surface area contributed by atoms with Gasteiger partial charge in [-0.2, -0.15) is 0 Å². The second-order valence-electron chi connectivity index (χ2n) is 7.09. The van der Waals surface area contributed by atoms with Crippen LogP contribution < -0.4 is 16.0 Å². The molecule has 0 amide bonds. The van der Waals surface area contributed by atoms with Gasteiger partial charge in [0.1, 0.15) is 5.82 Å². The molecule has 0 aliphatic heterocycles. The lowest BCUT2D eigenvalue weighted by Gasteiger charge is -2.28. The van der Waals surface area contributed by atoms with E-state index in [4.69, 9.17) is 4.74 Å². The number of pyridine rings is 1. The zero-order valence-electron chi connectivity index (χ0n) is 16.8. The average molecular weight is 477 g/mol. The Labute approximate surface area is 176 Å². The van der Waals surface area contributed by atoms with Gasteiger partial charge in [0.25, 0.3) is 0 Å². The molecule has 0 saturated carbocycles. The van der Waals surface area contributed by atoms with E-state index in [0.717, 1.165) is 44.3 Å². The summed E-state index contributed by atoms with van der Waals surface area (Å²) in [4.78, 5) is 8.91. The number of unbranched alkanes of at least 4 members (excludes halogenated alkanes) is 1. The van der Waals surface area contributed by atoms with E-state index in [9.17, 15) is 0 Å². The number of halogens is 1. The van der Waals surface area contributed by atoms with Crippen molar-refractivity contribution in [1.29, 1.82) is 0 Å². The van der Waals surface area contributed by atoms with Crippen molar-refractivity contribution in [3.63, 3.8) is 0 Å². The first-order valence-electron chi connectivity index (χ1n) is 9.17. The van der Waals surface area contributed by atoms with Crippen molar-refractivity contribution in [2.24, 2.45) is 10.4 Å². The molecule has 0 aliphatic carbocycles. The molecule has 0 bridgehead atoms. The minimum atomic E-state index is 0. The minimum Gasteiger partial charge on any atom is -0.379 e. The van der Waals surface area contributed by atoms with Crippen molar-refractivity contribution < 1.29 is 4.74 Å². The Morgan fingerprint density at radius 3 is 2.50 bits per heavy atom. The lowest BCUT2D eigenvalue weighted by molar-refractivity contribution is 0.0241. The van der Waals surface area contributed by atoms with Gasteiger partial charge in [-0.15, -0.1) is 24.0 Å². The van der Waals surface area contributed by atoms with Crippen molar-refractivity contribution in [3.05, 3.63) is 24.4 Å². The van der Waals surface area contributed by atoms with Gasteiger partial charge >= 0.3 is 0 Å². The fourth-order valence-corrected chi connectivity index (χ4v) is 2.36. The van der Waals surface area contributed by atoms with Gasteiger partial charge in [-0.05, 0) is 37.3 Å². The molecule has 3 N–H and O–H groups in total. The molecule has 1 aromatic rings. The molecule has 1 unspecified atom stereocenters. The van der Waals surface area contributed by atoms with Gasteiger partial charge in [0.15, 0.2) is 5.96 Å². The molecule has 6 nitrogen and oxygen atoms in total. The second kappa shape index (κ2) is 14.0.